The van der Waals surface area contributed by atoms with Crippen molar-refractivity contribution < 1.29 is 9.84 Å². The third-order valence-corrected chi connectivity index (χ3v) is 2.41. The molecule has 1 N–H and O–H groups in total. The van der Waals surface area contributed by atoms with Crippen molar-refractivity contribution in [2.45, 2.75) is 32.5 Å². The van der Waals surface area contributed by atoms with E-state index in [1.807, 2.05) is 13.8 Å². The Balaban J connectivity index is 2.48. The smallest absolute Gasteiger partial charge is 0.0671 e. The fourth-order valence-corrected chi connectivity index (χ4v) is 1.26. The van der Waals surface area contributed by atoms with Crippen LogP contribution in [0.1, 0.15) is 20.3 Å². The molecule has 0 aliphatic heterocycles. The van der Waals surface area contributed by atoms with Crippen molar-refractivity contribution >= 4 is 0 Å². The summed E-state index contributed by atoms with van der Waals surface area (Å²) < 4.78 is 5.11. The third-order valence-electron chi connectivity index (χ3n) is 2.41. The van der Waals surface area contributed by atoms with E-state index in [1.54, 1.807) is 7.11 Å². The van der Waals surface area contributed by atoms with Gasteiger partial charge >= 0.3 is 0 Å². The topological polar surface area (TPSA) is 29.5 Å². The molecule has 0 aromatic heterocycles. The van der Waals surface area contributed by atoms with Crippen LogP contribution in [-0.4, -0.2) is 24.4 Å². The Kier molecular flexibility index (Phi) is 1.53. The average molecular weight is 130 g/mol. The molecule has 2 atom stereocenters. The number of rotatable bonds is 1. The lowest BCUT2D eigenvalue weighted by Crippen LogP contribution is -2.53. The van der Waals surface area contributed by atoms with Gasteiger partial charge in [0.25, 0.3) is 0 Å². The van der Waals surface area contributed by atoms with Gasteiger partial charge in [0.1, 0.15) is 0 Å². The highest BCUT2D eigenvalue weighted by molar-refractivity contribution is 4.97. The summed E-state index contributed by atoms with van der Waals surface area (Å²) in [5.74, 6) is 0. The highest BCUT2D eigenvalue weighted by atomic mass is 16.5. The number of ether oxygens (including phenoxy) is 1. The van der Waals surface area contributed by atoms with E-state index >= 15 is 0 Å². The Bertz CT molecular complexity index is 109. The van der Waals surface area contributed by atoms with Gasteiger partial charge in [0.05, 0.1) is 12.2 Å². The minimum absolute atomic E-state index is 0.0191. The minimum Gasteiger partial charge on any atom is -0.392 e. The first-order chi connectivity index (χ1) is 4.09. The van der Waals surface area contributed by atoms with Crippen LogP contribution in [0, 0.1) is 5.41 Å². The molecule has 2 nitrogen and oxygen atoms in total. The SMILES string of the molecule is CO[C@@H]1C[C@H](O)C1(C)C. The summed E-state index contributed by atoms with van der Waals surface area (Å²) >= 11 is 0. The summed E-state index contributed by atoms with van der Waals surface area (Å²) in [6, 6.07) is 0. The molecule has 0 bridgehead atoms. The van der Waals surface area contributed by atoms with Gasteiger partial charge in [-0.25, -0.2) is 0 Å². The van der Waals surface area contributed by atoms with Gasteiger partial charge in [-0.2, -0.15) is 0 Å². The zero-order chi connectivity index (χ0) is 7.07. The van der Waals surface area contributed by atoms with Gasteiger partial charge in [0, 0.05) is 18.9 Å². The van der Waals surface area contributed by atoms with Gasteiger partial charge in [-0.05, 0) is 0 Å². The summed E-state index contributed by atoms with van der Waals surface area (Å²) in [5, 5.41) is 9.20. The van der Waals surface area contributed by atoms with Gasteiger partial charge in [-0.15, -0.1) is 0 Å². The van der Waals surface area contributed by atoms with Crippen molar-refractivity contribution in [3.63, 3.8) is 0 Å². The number of methoxy groups -OCH3 is 1. The molecule has 0 aromatic carbocycles. The first-order valence-electron chi connectivity index (χ1n) is 3.30. The molecule has 1 aliphatic rings. The number of aliphatic hydroxyl groups excluding tert-OH is 1. The van der Waals surface area contributed by atoms with E-state index in [9.17, 15) is 5.11 Å². The summed E-state index contributed by atoms with van der Waals surface area (Å²) in [6.45, 7) is 4.05. The van der Waals surface area contributed by atoms with Crippen molar-refractivity contribution in [3.8, 4) is 0 Å². The van der Waals surface area contributed by atoms with Gasteiger partial charge in [0.2, 0.25) is 0 Å². The zero-order valence-corrected chi connectivity index (χ0v) is 6.22. The van der Waals surface area contributed by atoms with Gasteiger partial charge in [0.15, 0.2) is 0 Å². The molecule has 1 saturated carbocycles. The molecule has 0 aromatic rings. The van der Waals surface area contributed by atoms with Crippen molar-refractivity contribution in [3.05, 3.63) is 0 Å². The van der Waals surface area contributed by atoms with Crippen molar-refractivity contribution in [2.24, 2.45) is 5.41 Å². The molecule has 0 amide bonds. The maximum absolute atomic E-state index is 9.20. The molecule has 0 saturated heterocycles. The number of hydrogen-bond donors (Lipinski definition) is 1. The lowest BCUT2D eigenvalue weighted by atomic mass is 9.66. The molecule has 1 fully saturated rings. The Hall–Kier alpha value is -0.0800. The molecule has 1 rings (SSSR count). The van der Waals surface area contributed by atoms with E-state index in [1.165, 1.54) is 0 Å². The Morgan fingerprint density at radius 2 is 2.11 bits per heavy atom. The lowest BCUT2D eigenvalue weighted by Gasteiger charge is -2.48. The lowest BCUT2D eigenvalue weighted by molar-refractivity contribution is -0.162. The molecule has 2 heteroatoms. The quantitative estimate of drug-likeness (QED) is 0.568. The second-order valence-electron chi connectivity index (χ2n) is 3.30. The Morgan fingerprint density at radius 3 is 2.22 bits per heavy atom. The molecular weight excluding hydrogens is 116 g/mol. The van der Waals surface area contributed by atoms with Crippen LogP contribution in [0.5, 0.6) is 0 Å². The van der Waals surface area contributed by atoms with Crippen molar-refractivity contribution in [1.82, 2.24) is 0 Å². The van der Waals surface area contributed by atoms with E-state index < -0.39 is 0 Å². The summed E-state index contributed by atoms with van der Waals surface area (Å²) in [6.07, 6.45) is 0.888. The minimum atomic E-state index is -0.164. The van der Waals surface area contributed by atoms with Crippen LogP contribution in [-0.2, 0) is 4.74 Å². The summed E-state index contributed by atoms with van der Waals surface area (Å²) in [7, 11) is 1.69. The Labute approximate surface area is 55.8 Å². The van der Waals surface area contributed by atoms with Gasteiger partial charge < -0.3 is 9.84 Å². The monoisotopic (exact) mass is 130 g/mol. The van der Waals surface area contributed by atoms with Crippen LogP contribution >= 0.6 is 0 Å². The van der Waals surface area contributed by atoms with E-state index in [4.69, 9.17) is 4.74 Å². The molecule has 0 radical (unpaired) electrons. The van der Waals surface area contributed by atoms with Crippen LogP contribution in [0.15, 0.2) is 0 Å². The van der Waals surface area contributed by atoms with Crippen LogP contribution in [0.2, 0.25) is 0 Å². The van der Waals surface area contributed by atoms with E-state index in [0.29, 0.717) is 0 Å². The van der Waals surface area contributed by atoms with Crippen molar-refractivity contribution in [2.75, 3.05) is 7.11 Å². The van der Waals surface area contributed by atoms with Crippen LogP contribution in [0.25, 0.3) is 0 Å². The first kappa shape index (κ1) is 7.03. The molecule has 9 heavy (non-hydrogen) atoms. The van der Waals surface area contributed by atoms with Crippen LogP contribution in [0.3, 0.4) is 0 Å². The molecule has 54 valence electrons. The largest absolute Gasteiger partial charge is 0.392 e. The molecule has 0 unspecified atom stereocenters. The van der Waals surface area contributed by atoms with Crippen LogP contribution in [0.4, 0.5) is 0 Å². The predicted molar refractivity (Wildman–Crippen MR) is 35.2 cm³/mol. The zero-order valence-electron chi connectivity index (χ0n) is 6.22. The normalized spacial score (nSPS) is 40.0. The number of aliphatic hydroxyl groups is 1. The van der Waals surface area contributed by atoms with E-state index in [-0.39, 0.29) is 17.6 Å². The fourth-order valence-electron chi connectivity index (χ4n) is 1.26. The maximum atomic E-state index is 9.20. The standard InChI is InChI=1S/C7H14O2/c1-7(2)5(8)4-6(7)9-3/h5-6,8H,4H2,1-3H3/t5-,6+/m0/s1. The second-order valence-corrected chi connectivity index (χ2v) is 3.30. The molecule has 1 aliphatic carbocycles. The van der Waals surface area contributed by atoms with E-state index in [0.717, 1.165) is 6.42 Å². The van der Waals surface area contributed by atoms with Gasteiger partial charge in [-0.3, -0.25) is 0 Å². The van der Waals surface area contributed by atoms with E-state index in [2.05, 4.69) is 0 Å². The van der Waals surface area contributed by atoms with Crippen LogP contribution < -0.4 is 0 Å². The molecular formula is C7H14O2. The highest BCUT2D eigenvalue weighted by Crippen LogP contribution is 2.41. The molecule has 0 spiro atoms. The maximum Gasteiger partial charge on any atom is 0.0671 e. The second kappa shape index (κ2) is 1.96. The van der Waals surface area contributed by atoms with Gasteiger partial charge in [-0.1, -0.05) is 13.8 Å². The number of hydrogen-bond acceptors (Lipinski definition) is 2. The first-order valence-corrected chi connectivity index (χ1v) is 3.30. The summed E-state index contributed by atoms with van der Waals surface area (Å²) in [4.78, 5) is 0. The highest BCUT2D eigenvalue weighted by Gasteiger charge is 2.47. The fraction of sp³-hybridized carbons (Fsp3) is 1.00. The van der Waals surface area contributed by atoms with Crippen molar-refractivity contribution in [1.29, 1.82) is 0 Å². The summed E-state index contributed by atoms with van der Waals surface area (Å²) in [5.41, 5.74) is -0.0191. The molecule has 0 heterocycles. The predicted octanol–water partition coefficient (Wildman–Crippen LogP) is 0.792. The average Bonchev–Trinajstić information content (AvgIpc) is 1.82. The third kappa shape index (κ3) is 0.864. The Morgan fingerprint density at radius 1 is 1.56 bits per heavy atom.